The Balaban J connectivity index is 1.65. The lowest BCUT2D eigenvalue weighted by Crippen LogP contribution is -2.51. The highest BCUT2D eigenvalue weighted by atomic mass is 35.5. The van der Waals surface area contributed by atoms with Crippen LogP contribution < -0.4 is 10.6 Å². The molecule has 0 unspecified atom stereocenters. The van der Waals surface area contributed by atoms with Gasteiger partial charge in [0.25, 0.3) is 5.69 Å². The zero-order valence-electron chi connectivity index (χ0n) is 14.3. The standard InChI is InChI=1S/C17H19ClN6O2/c1-12-2-3-13(18)10-15(12)22-6-8-23(9-7-22)17(19)21-16-5-4-14(11-20-16)24(25)26/h2-5,10-11H,6-9H2,1H3,(H2,19,20,21). The van der Waals surface area contributed by atoms with Crippen LogP contribution in [-0.2, 0) is 0 Å². The van der Waals surface area contributed by atoms with E-state index in [2.05, 4.69) is 21.8 Å². The normalized spacial score (nSPS) is 15.2. The second-order valence-electron chi connectivity index (χ2n) is 6.01. The fourth-order valence-corrected chi connectivity index (χ4v) is 3.01. The molecule has 0 spiro atoms. The molecule has 0 radical (unpaired) electrons. The van der Waals surface area contributed by atoms with Crippen molar-refractivity contribution >= 4 is 34.8 Å². The second kappa shape index (κ2) is 7.57. The maximum atomic E-state index is 10.7. The minimum Gasteiger partial charge on any atom is -0.369 e. The molecule has 2 aromatic rings. The number of nitrogens with two attached hydrogens (primary N) is 1. The molecule has 0 amide bonds. The highest BCUT2D eigenvalue weighted by Crippen LogP contribution is 2.25. The third kappa shape index (κ3) is 4.02. The van der Waals surface area contributed by atoms with Gasteiger partial charge in [-0.25, -0.2) is 4.98 Å². The molecule has 1 aliphatic rings. The van der Waals surface area contributed by atoms with Gasteiger partial charge in [0.2, 0.25) is 0 Å². The summed E-state index contributed by atoms with van der Waals surface area (Å²) in [6, 6.07) is 8.72. The van der Waals surface area contributed by atoms with Crippen LogP contribution in [0, 0.1) is 17.0 Å². The van der Waals surface area contributed by atoms with Crippen molar-refractivity contribution in [1.29, 1.82) is 0 Å². The quantitative estimate of drug-likeness (QED) is 0.383. The molecule has 1 aromatic carbocycles. The van der Waals surface area contributed by atoms with E-state index in [1.54, 1.807) is 0 Å². The first-order valence-electron chi connectivity index (χ1n) is 8.14. The molecule has 1 aromatic heterocycles. The molecule has 1 aliphatic heterocycles. The Morgan fingerprint density at radius 2 is 2.00 bits per heavy atom. The number of hydrogen-bond acceptors (Lipinski definition) is 5. The molecule has 0 aliphatic carbocycles. The minimum absolute atomic E-state index is 0.0759. The van der Waals surface area contributed by atoms with Crippen LogP contribution in [0.3, 0.4) is 0 Å². The fourth-order valence-electron chi connectivity index (χ4n) is 2.84. The summed E-state index contributed by atoms with van der Waals surface area (Å²) in [7, 11) is 0. The molecule has 0 saturated carbocycles. The van der Waals surface area contributed by atoms with Gasteiger partial charge in [-0.2, -0.15) is 4.99 Å². The van der Waals surface area contributed by atoms with E-state index in [0.29, 0.717) is 24.9 Å². The summed E-state index contributed by atoms with van der Waals surface area (Å²) in [4.78, 5) is 22.6. The van der Waals surface area contributed by atoms with E-state index in [1.165, 1.54) is 23.9 Å². The van der Waals surface area contributed by atoms with Crippen molar-refractivity contribution in [3.05, 3.63) is 57.2 Å². The first-order valence-corrected chi connectivity index (χ1v) is 8.52. The number of nitro groups is 1. The van der Waals surface area contributed by atoms with Crippen molar-refractivity contribution < 1.29 is 4.92 Å². The average Bonchev–Trinajstić information content (AvgIpc) is 2.64. The third-order valence-electron chi connectivity index (χ3n) is 4.29. The molecule has 3 rings (SSSR count). The van der Waals surface area contributed by atoms with Crippen LogP contribution in [0.25, 0.3) is 0 Å². The Kier molecular flexibility index (Phi) is 5.22. The van der Waals surface area contributed by atoms with Crippen LogP contribution in [0.5, 0.6) is 0 Å². The van der Waals surface area contributed by atoms with Gasteiger partial charge in [0.15, 0.2) is 11.8 Å². The predicted molar refractivity (Wildman–Crippen MR) is 102 cm³/mol. The van der Waals surface area contributed by atoms with Gasteiger partial charge in [-0.1, -0.05) is 17.7 Å². The summed E-state index contributed by atoms with van der Waals surface area (Å²) < 4.78 is 0. The van der Waals surface area contributed by atoms with Crippen LogP contribution in [-0.4, -0.2) is 46.9 Å². The molecule has 9 heteroatoms. The minimum atomic E-state index is -0.499. The summed E-state index contributed by atoms with van der Waals surface area (Å²) >= 11 is 6.11. The number of anilines is 1. The lowest BCUT2D eigenvalue weighted by atomic mass is 10.1. The molecule has 8 nitrogen and oxygen atoms in total. The summed E-state index contributed by atoms with van der Waals surface area (Å²) in [5.74, 6) is 0.704. The predicted octanol–water partition coefficient (Wildman–Crippen LogP) is 2.72. The number of halogens is 1. The molecule has 2 N–H and O–H groups in total. The van der Waals surface area contributed by atoms with Crippen molar-refractivity contribution in [1.82, 2.24) is 9.88 Å². The number of guanidine groups is 1. The zero-order valence-corrected chi connectivity index (χ0v) is 15.1. The number of rotatable bonds is 3. The van der Waals surface area contributed by atoms with Crippen LogP contribution in [0.1, 0.15) is 5.56 Å². The number of pyridine rings is 1. The molecule has 2 heterocycles. The number of hydrogen-bond donors (Lipinski definition) is 1. The number of nitrogens with zero attached hydrogens (tertiary/aromatic N) is 5. The summed E-state index contributed by atoms with van der Waals surface area (Å²) in [6.45, 7) is 5.09. The molecule has 1 saturated heterocycles. The Labute approximate surface area is 156 Å². The van der Waals surface area contributed by atoms with Crippen LogP contribution in [0.4, 0.5) is 17.2 Å². The Morgan fingerprint density at radius 1 is 1.27 bits per heavy atom. The van der Waals surface area contributed by atoms with Crippen LogP contribution in [0.15, 0.2) is 41.5 Å². The highest BCUT2D eigenvalue weighted by Gasteiger charge is 2.20. The van der Waals surface area contributed by atoms with Crippen LogP contribution >= 0.6 is 11.6 Å². The molecular weight excluding hydrogens is 356 g/mol. The average molecular weight is 375 g/mol. The number of aryl methyl sites for hydroxylation is 1. The molecule has 1 fully saturated rings. The summed E-state index contributed by atoms with van der Waals surface area (Å²) in [5, 5.41) is 11.4. The van der Waals surface area contributed by atoms with Gasteiger partial charge in [0.05, 0.1) is 4.92 Å². The monoisotopic (exact) mass is 374 g/mol. The van der Waals surface area contributed by atoms with Crippen molar-refractivity contribution in [2.75, 3.05) is 31.1 Å². The van der Waals surface area contributed by atoms with Crippen molar-refractivity contribution in [3.63, 3.8) is 0 Å². The maximum Gasteiger partial charge on any atom is 0.287 e. The first kappa shape index (κ1) is 17.9. The lowest BCUT2D eigenvalue weighted by Gasteiger charge is -2.37. The van der Waals surface area contributed by atoms with Crippen molar-refractivity contribution in [2.24, 2.45) is 10.7 Å². The van der Waals surface area contributed by atoms with Gasteiger partial charge in [-0.05, 0) is 30.7 Å². The topological polar surface area (TPSA) is 101 Å². The van der Waals surface area contributed by atoms with Gasteiger partial charge in [0.1, 0.15) is 6.20 Å². The van der Waals surface area contributed by atoms with Gasteiger partial charge in [-0.3, -0.25) is 10.1 Å². The number of aromatic nitrogens is 1. The largest absolute Gasteiger partial charge is 0.369 e. The summed E-state index contributed by atoms with van der Waals surface area (Å²) in [5.41, 5.74) is 8.31. The number of piperazine rings is 1. The van der Waals surface area contributed by atoms with E-state index in [9.17, 15) is 10.1 Å². The van der Waals surface area contributed by atoms with Gasteiger partial charge >= 0.3 is 0 Å². The van der Waals surface area contributed by atoms with E-state index in [1.807, 2.05) is 23.1 Å². The van der Waals surface area contributed by atoms with E-state index < -0.39 is 4.92 Å². The Hall–Kier alpha value is -2.87. The molecular formula is C17H19ClN6O2. The van der Waals surface area contributed by atoms with Gasteiger partial charge in [0, 0.05) is 43.0 Å². The number of benzene rings is 1. The number of aliphatic imine (C=N–C) groups is 1. The van der Waals surface area contributed by atoms with E-state index in [-0.39, 0.29) is 5.69 Å². The third-order valence-corrected chi connectivity index (χ3v) is 4.52. The van der Waals surface area contributed by atoms with E-state index in [4.69, 9.17) is 17.3 Å². The Morgan fingerprint density at radius 3 is 2.62 bits per heavy atom. The molecule has 0 bridgehead atoms. The van der Waals surface area contributed by atoms with Gasteiger partial charge in [-0.15, -0.1) is 0 Å². The molecule has 136 valence electrons. The maximum absolute atomic E-state index is 10.7. The summed E-state index contributed by atoms with van der Waals surface area (Å²) in [6.07, 6.45) is 1.17. The van der Waals surface area contributed by atoms with E-state index >= 15 is 0 Å². The molecule has 0 atom stereocenters. The van der Waals surface area contributed by atoms with Crippen LogP contribution in [0.2, 0.25) is 5.02 Å². The first-order chi connectivity index (χ1) is 12.4. The fraction of sp³-hybridized carbons (Fsp3) is 0.294. The van der Waals surface area contributed by atoms with Crippen molar-refractivity contribution in [3.8, 4) is 0 Å². The lowest BCUT2D eigenvalue weighted by molar-refractivity contribution is -0.385. The van der Waals surface area contributed by atoms with Gasteiger partial charge < -0.3 is 15.5 Å². The molecule has 26 heavy (non-hydrogen) atoms. The zero-order chi connectivity index (χ0) is 18.7. The second-order valence-corrected chi connectivity index (χ2v) is 6.44. The van der Waals surface area contributed by atoms with E-state index in [0.717, 1.165) is 23.8 Å². The SMILES string of the molecule is Cc1ccc(Cl)cc1N1CCN(C(N)=Nc2ccc([N+](=O)[O-])cn2)CC1. The highest BCUT2D eigenvalue weighted by molar-refractivity contribution is 6.30. The van der Waals surface area contributed by atoms with Crippen molar-refractivity contribution in [2.45, 2.75) is 6.92 Å². The Bertz CT molecular complexity index is 832. The smallest absolute Gasteiger partial charge is 0.287 e.